The van der Waals surface area contributed by atoms with Gasteiger partial charge in [-0.1, -0.05) is 12.1 Å². The fourth-order valence-electron chi connectivity index (χ4n) is 3.00. The molecule has 4 rings (SSSR count). The number of aromatic amines is 1. The molecule has 1 amide bonds. The maximum Gasteiger partial charge on any atom is 0.222 e. The van der Waals surface area contributed by atoms with Gasteiger partial charge in [-0.05, 0) is 36.4 Å². The molecule has 0 spiro atoms. The van der Waals surface area contributed by atoms with Gasteiger partial charge in [-0.15, -0.1) is 0 Å². The summed E-state index contributed by atoms with van der Waals surface area (Å²) < 4.78 is 15.1. The number of nitrogens with zero attached hydrogens (tertiary/aromatic N) is 3. The summed E-state index contributed by atoms with van der Waals surface area (Å²) in [6.45, 7) is 0.912. The highest BCUT2D eigenvalue weighted by atomic mass is 19.1. The van der Waals surface area contributed by atoms with Gasteiger partial charge in [-0.25, -0.2) is 9.37 Å². The molecular formula is C20H18FN5O. The van der Waals surface area contributed by atoms with Crippen LogP contribution in [0.5, 0.6) is 0 Å². The standard InChI is InChI=1S/C20H18FN5O/c21-16-7-5-14(6-8-16)20-15(12-24-25-20)11-22-19(27)9-10-26-13-23-17-3-1-2-4-18(17)26/h1-8,12-13H,9-11H2,(H,22,27)(H,24,25). The first kappa shape index (κ1) is 17.0. The number of nitrogens with one attached hydrogen (secondary N) is 2. The molecule has 2 N–H and O–H groups in total. The highest BCUT2D eigenvalue weighted by Gasteiger charge is 2.10. The summed E-state index contributed by atoms with van der Waals surface area (Å²) in [4.78, 5) is 16.6. The average Bonchev–Trinajstić information content (AvgIpc) is 3.32. The number of aromatic nitrogens is 4. The van der Waals surface area contributed by atoms with Gasteiger partial charge >= 0.3 is 0 Å². The Morgan fingerprint density at radius 3 is 2.81 bits per heavy atom. The van der Waals surface area contributed by atoms with E-state index in [0.29, 0.717) is 19.5 Å². The quantitative estimate of drug-likeness (QED) is 0.552. The summed E-state index contributed by atoms with van der Waals surface area (Å²) in [5.74, 6) is -0.348. The number of hydrogen-bond donors (Lipinski definition) is 2. The summed E-state index contributed by atoms with van der Waals surface area (Å²) in [6.07, 6.45) is 3.77. The zero-order chi connectivity index (χ0) is 18.6. The summed E-state index contributed by atoms with van der Waals surface area (Å²) in [6, 6.07) is 14.0. The Kier molecular flexibility index (Phi) is 4.65. The van der Waals surface area contributed by atoms with E-state index in [1.54, 1.807) is 24.7 Å². The van der Waals surface area contributed by atoms with Crippen LogP contribution in [-0.2, 0) is 17.9 Å². The Morgan fingerprint density at radius 2 is 1.96 bits per heavy atom. The number of benzene rings is 2. The summed E-state index contributed by atoms with van der Waals surface area (Å²) in [7, 11) is 0. The van der Waals surface area contributed by atoms with Crippen molar-refractivity contribution in [2.45, 2.75) is 19.5 Å². The maximum atomic E-state index is 13.1. The average molecular weight is 363 g/mol. The van der Waals surface area contributed by atoms with Crippen LogP contribution < -0.4 is 5.32 Å². The van der Waals surface area contributed by atoms with E-state index in [-0.39, 0.29) is 11.7 Å². The first-order chi connectivity index (χ1) is 13.2. The summed E-state index contributed by atoms with van der Waals surface area (Å²) in [5, 5.41) is 9.85. The van der Waals surface area contributed by atoms with Crippen LogP contribution in [0.2, 0.25) is 0 Å². The Hall–Kier alpha value is -3.48. The van der Waals surface area contributed by atoms with Gasteiger partial charge in [0.2, 0.25) is 5.91 Å². The highest BCUT2D eigenvalue weighted by molar-refractivity contribution is 5.77. The van der Waals surface area contributed by atoms with Gasteiger partial charge < -0.3 is 9.88 Å². The molecule has 0 aliphatic carbocycles. The lowest BCUT2D eigenvalue weighted by Crippen LogP contribution is -2.23. The Balaban J connectivity index is 1.36. The zero-order valence-corrected chi connectivity index (χ0v) is 14.5. The Bertz CT molecular complexity index is 1070. The maximum absolute atomic E-state index is 13.1. The van der Waals surface area contributed by atoms with Crippen molar-refractivity contribution in [3.8, 4) is 11.3 Å². The molecule has 2 aromatic carbocycles. The number of hydrogen-bond acceptors (Lipinski definition) is 3. The number of H-pyrrole nitrogens is 1. The van der Waals surface area contributed by atoms with Gasteiger partial charge in [0, 0.05) is 30.6 Å². The topological polar surface area (TPSA) is 75.6 Å². The molecule has 0 aliphatic heterocycles. The van der Waals surface area contributed by atoms with E-state index in [1.165, 1.54) is 12.1 Å². The van der Waals surface area contributed by atoms with Crippen molar-refractivity contribution in [3.63, 3.8) is 0 Å². The molecule has 0 saturated carbocycles. The van der Waals surface area contributed by atoms with E-state index in [9.17, 15) is 9.18 Å². The minimum absolute atomic E-state index is 0.0564. The smallest absolute Gasteiger partial charge is 0.222 e. The van der Waals surface area contributed by atoms with Crippen molar-refractivity contribution in [2.75, 3.05) is 0 Å². The highest BCUT2D eigenvalue weighted by Crippen LogP contribution is 2.21. The number of imidazole rings is 1. The third kappa shape index (κ3) is 3.72. The lowest BCUT2D eigenvalue weighted by Gasteiger charge is -2.07. The Morgan fingerprint density at radius 1 is 1.15 bits per heavy atom. The SMILES string of the molecule is O=C(CCn1cnc2ccccc21)NCc1cn[nH]c1-c1ccc(F)cc1. The number of aryl methyl sites for hydroxylation is 1. The van der Waals surface area contributed by atoms with Gasteiger partial charge in [0.1, 0.15) is 5.82 Å². The zero-order valence-electron chi connectivity index (χ0n) is 14.5. The van der Waals surface area contributed by atoms with Crippen LogP contribution in [0.15, 0.2) is 61.1 Å². The minimum Gasteiger partial charge on any atom is -0.352 e. The van der Waals surface area contributed by atoms with E-state index >= 15 is 0 Å². The van der Waals surface area contributed by atoms with Crippen LogP contribution in [0.25, 0.3) is 22.3 Å². The minimum atomic E-state index is -0.292. The van der Waals surface area contributed by atoms with Crippen molar-refractivity contribution in [2.24, 2.45) is 0 Å². The second-order valence-electron chi connectivity index (χ2n) is 6.23. The number of amides is 1. The molecular weight excluding hydrogens is 345 g/mol. The summed E-state index contributed by atoms with van der Waals surface area (Å²) >= 11 is 0. The van der Waals surface area contributed by atoms with E-state index < -0.39 is 0 Å². The molecule has 0 radical (unpaired) electrons. The van der Waals surface area contributed by atoms with E-state index in [4.69, 9.17) is 0 Å². The van der Waals surface area contributed by atoms with Gasteiger partial charge in [0.15, 0.2) is 0 Å². The second kappa shape index (κ2) is 7.41. The number of carbonyl (C=O) groups excluding carboxylic acids is 1. The monoisotopic (exact) mass is 363 g/mol. The molecule has 136 valence electrons. The Labute approximate surface area is 155 Å². The third-order valence-electron chi connectivity index (χ3n) is 4.43. The van der Waals surface area contributed by atoms with Gasteiger partial charge in [-0.3, -0.25) is 9.89 Å². The summed E-state index contributed by atoms with van der Waals surface area (Å²) in [5.41, 5.74) is 4.38. The molecule has 2 heterocycles. The normalized spacial score (nSPS) is 11.0. The van der Waals surface area contributed by atoms with E-state index in [1.807, 2.05) is 28.8 Å². The fraction of sp³-hybridized carbons (Fsp3) is 0.150. The first-order valence-electron chi connectivity index (χ1n) is 8.65. The predicted molar refractivity (Wildman–Crippen MR) is 100 cm³/mol. The molecule has 4 aromatic rings. The van der Waals surface area contributed by atoms with Crippen LogP contribution in [0.1, 0.15) is 12.0 Å². The number of para-hydroxylation sites is 2. The lowest BCUT2D eigenvalue weighted by atomic mass is 10.1. The van der Waals surface area contributed by atoms with Crippen molar-refractivity contribution < 1.29 is 9.18 Å². The van der Waals surface area contributed by atoms with Gasteiger partial charge in [0.05, 0.1) is 29.3 Å². The molecule has 2 aromatic heterocycles. The van der Waals surface area contributed by atoms with Crippen LogP contribution in [0.3, 0.4) is 0 Å². The molecule has 7 heteroatoms. The number of carbonyl (C=O) groups is 1. The molecule has 0 bridgehead atoms. The van der Waals surface area contributed by atoms with E-state index in [2.05, 4.69) is 20.5 Å². The van der Waals surface area contributed by atoms with Crippen LogP contribution in [0, 0.1) is 5.82 Å². The van der Waals surface area contributed by atoms with E-state index in [0.717, 1.165) is 27.9 Å². The van der Waals surface area contributed by atoms with Crippen LogP contribution >= 0.6 is 0 Å². The molecule has 0 saturated heterocycles. The van der Waals surface area contributed by atoms with Crippen molar-refractivity contribution in [3.05, 3.63) is 72.4 Å². The first-order valence-corrected chi connectivity index (χ1v) is 8.65. The molecule has 0 fully saturated rings. The number of halogens is 1. The number of fused-ring (bicyclic) bond motifs is 1. The van der Waals surface area contributed by atoms with Crippen molar-refractivity contribution >= 4 is 16.9 Å². The molecule has 0 aliphatic rings. The van der Waals surface area contributed by atoms with Crippen LogP contribution in [0.4, 0.5) is 4.39 Å². The van der Waals surface area contributed by atoms with Gasteiger partial charge in [-0.2, -0.15) is 5.10 Å². The molecule has 27 heavy (non-hydrogen) atoms. The lowest BCUT2D eigenvalue weighted by molar-refractivity contribution is -0.121. The third-order valence-corrected chi connectivity index (χ3v) is 4.43. The molecule has 0 unspecified atom stereocenters. The fourth-order valence-corrected chi connectivity index (χ4v) is 3.00. The van der Waals surface area contributed by atoms with Crippen molar-refractivity contribution in [1.29, 1.82) is 0 Å². The largest absolute Gasteiger partial charge is 0.352 e. The van der Waals surface area contributed by atoms with Crippen molar-refractivity contribution in [1.82, 2.24) is 25.1 Å². The molecule has 0 atom stereocenters. The second-order valence-corrected chi connectivity index (χ2v) is 6.23. The molecule has 6 nitrogen and oxygen atoms in total. The predicted octanol–water partition coefficient (Wildman–Crippen LogP) is 3.27. The van der Waals surface area contributed by atoms with Crippen LogP contribution in [-0.4, -0.2) is 25.7 Å². The number of rotatable bonds is 6. The van der Waals surface area contributed by atoms with Gasteiger partial charge in [0.25, 0.3) is 0 Å².